The summed E-state index contributed by atoms with van der Waals surface area (Å²) in [5.74, 6) is -0.166. The predicted molar refractivity (Wildman–Crippen MR) is 162 cm³/mol. The normalized spacial score (nSPS) is 11.4. The van der Waals surface area contributed by atoms with Gasteiger partial charge in [0.15, 0.2) is 0 Å². The lowest BCUT2D eigenvalue weighted by atomic mass is 9.74. The first-order valence-electron chi connectivity index (χ1n) is 14.2. The van der Waals surface area contributed by atoms with Gasteiger partial charge in [-0.15, -0.1) is 0 Å². The number of anilines is 3. The maximum atomic E-state index is 9.87. The Kier molecular flexibility index (Phi) is 10.2. The molecule has 5 heteroatoms. The molecule has 0 aliphatic rings. The Labute approximate surface area is 229 Å². The minimum absolute atomic E-state index is 0.0898. The second-order valence-electron chi connectivity index (χ2n) is 10.2. The van der Waals surface area contributed by atoms with Crippen LogP contribution in [0.5, 0.6) is 0 Å². The second-order valence-corrected chi connectivity index (χ2v) is 10.2. The van der Waals surface area contributed by atoms with E-state index in [1.54, 1.807) is 0 Å². The second kappa shape index (κ2) is 13.2. The molecule has 0 aliphatic carbocycles. The zero-order valence-electron chi connectivity index (χ0n) is 24.2. The van der Waals surface area contributed by atoms with E-state index >= 15 is 0 Å². The average Bonchev–Trinajstić information content (AvgIpc) is 2.91. The molecule has 0 heterocycles. The number of nitrogens with two attached hydrogens (primary N) is 2. The SMILES string of the molecule is CCc1c(CCO)cc(C)c(N)c1C(c1ccc(N(CC)CC)cc1)c1c(N)c(C)cc(CCO)c1CC. The molecule has 0 saturated carbocycles. The summed E-state index contributed by atoms with van der Waals surface area (Å²) < 4.78 is 0. The van der Waals surface area contributed by atoms with Crippen molar-refractivity contribution in [2.45, 2.75) is 73.1 Å². The fourth-order valence-electron chi connectivity index (χ4n) is 6.07. The van der Waals surface area contributed by atoms with Gasteiger partial charge in [-0.05, 0) is 116 Å². The molecule has 0 radical (unpaired) electrons. The number of nitrogen functional groups attached to an aromatic ring is 2. The average molecular weight is 518 g/mol. The van der Waals surface area contributed by atoms with E-state index in [1.165, 1.54) is 16.8 Å². The summed E-state index contributed by atoms with van der Waals surface area (Å²) in [5, 5.41) is 19.7. The highest BCUT2D eigenvalue weighted by Crippen LogP contribution is 2.45. The lowest BCUT2D eigenvalue weighted by Crippen LogP contribution is -2.22. The Morgan fingerprint density at radius 1 is 0.711 bits per heavy atom. The van der Waals surface area contributed by atoms with Crippen LogP contribution >= 0.6 is 0 Å². The van der Waals surface area contributed by atoms with Crippen LogP contribution in [0.4, 0.5) is 17.1 Å². The van der Waals surface area contributed by atoms with Crippen LogP contribution < -0.4 is 16.4 Å². The number of aliphatic hydroxyl groups is 2. The lowest BCUT2D eigenvalue weighted by Gasteiger charge is -2.31. The molecule has 0 bridgehead atoms. The van der Waals surface area contributed by atoms with Gasteiger partial charge in [0.1, 0.15) is 0 Å². The molecule has 0 amide bonds. The molecule has 5 nitrogen and oxygen atoms in total. The zero-order valence-corrected chi connectivity index (χ0v) is 24.2. The van der Waals surface area contributed by atoms with Crippen molar-refractivity contribution in [3.8, 4) is 0 Å². The van der Waals surface area contributed by atoms with Gasteiger partial charge >= 0.3 is 0 Å². The number of nitrogens with zero attached hydrogens (tertiary/aromatic N) is 1. The van der Waals surface area contributed by atoms with Gasteiger partial charge in [0.25, 0.3) is 0 Å². The van der Waals surface area contributed by atoms with Crippen molar-refractivity contribution >= 4 is 17.1 Å². The standard InChI is InChI=1S/C33H47N3O2/c1-7-27-24(15-17-37)19-21(5)32(34)30(27)29(23-11-13-26(14-12-23)36(9-3)10-4)31-28(8-2)25(16-18-38)20-22(6)33(31)35/h11-14,19-20,29,37-38H,7-10,15-18,34-35H2,1-6H3. The Morgan fingerprint density at radius 2 is 1.13 bits per heavy atom. The number of rotatable bonds is 12. The summed E-state index contributed by atoms with van der Waals surface area (Å²) in [6.45, 7) is 14.8. The third-order valence-electron chi connectivity index (χ3n) is 8.04. The van der Waals surface area contributed by atoms with Gasteiger partial charge in [-0.25, -0.2) is 0 Å². The van der Waals surface area contributed by atoms with Crippen LogP contribution in [0.15, 0.2) is 36.4 Å². The van der Waals surface area contributed by atoms with Crippen molar-refractivity contribution in [1.82, 2.24) is 0 Å². The van der Waals surface area contributed by atoms with E-state index in [0.29, 0.717) is 12.8 Å². The molecular formula is C33H47N3O2. The summed E-state index contributed by atoms with van der Waals surface area (Å²) in [4.78, 5) is 2.34. The largest absolute Gasteiger partial charge is 0.398 e. The smallest absolute Gasteiger partial charge is 0.0471 e. The van der Waals surface area contributed by atoms with Crippen LogP contribution in [-0.2, 0) is 25.7 Å². The number of benzene rings is 3. The molecule has 0 saturated heterocycles. The summed E-state index contributed by atoms with van der Waals surface area (Å²) in [6, 6.07) is 13.1. The van der Waals surface area contributed by atoms with Crippen molar-refractivity contribution in [2.24, 2.45) is 0 Å². The first-order valence-corrected chi connectivity index (χ1v) is 14.2. The third kappa shape index (κ3) is 5.69. The van der Waals surface area contributed by atoms with E-state index in [9.17, 15) is 10.2 Å². The molecule has 0 atom stereocenters. The van der Waals surface area contributed by atoms with Crippen molar-refractivity contribution in [2.75, 3.05) is 42.7 Å². The van der Waals surface area contributed by atoms with Gasteiger partial charge in [-0.1, -0.05) is 38.1 Å². The van der Waals surface area contributed by atoms with E-state index in [-0.39, 0.29) is 19.1 Å². The monoisotopic (exact) mass is 517 g/mol. The fourth-order valence-corrected chi connectivity index (χ4v) is 6.07. The molecule has 206 valence electrons. The maximum absolute atomic E-state index is 9.87. The van der Waals surface area contributed by atoms with Gasteiger partial charge in [0.05, 0.1) is 0 Å². The summed E-state index contributed by atoms with van der Waals surface area (Å²) in [6.07, 6.45) is 2.79. The Bertz CT molecular complexity index is 1160. The van der Waals surface area contributed by atoms with Gasteiger partial charge in [0, 0.05) is 49.3 Å². The Balaban J connectivity index is 2.46. The minimum atomic E-state index is -0.166. The molecule has 38 heavy (non-hydrogen) atoms. The van der Waals surface area contributed by atoms with E-state index in [4.69, 9.17) is 11.5 Å². The first-order chi connectivity index (χ1) is 18.3. The quantitative estimate of drug-likeness (QED) is 0.183. The van der Waals surface area contributed by atoms with Gasteiger partial charge in [-0.3, -0.25) is 0 Å². The minimum Gasteiger partial charge on any atom is -0.398 e. The predicted octanol–water partition coefficient (Wildman–Crippen LogP) is 5.69. The molecule has 0 spiro atoms. The van der Waals surface area contributed by atoms with Crippen molar-refractivity contribution in [1.29, 1.82) is 0 Å². The highest BCUT2D eigenvalue weighted by Gasteiger charge is 2.29. The molecule has 0 fully saturated rings. The van der Waals surface area contributed by atoms with Crippen LogP contribution in [0.1, 0.15) is 83.7 Å². The molecular weight excluding hydrogens is 470 g/mol. The van der Waals surface area contributed by atoms with Crippen molar-refractivity contribution in [3.05, 3.63) is 86.5 Å². The first kappa shape index (κ1) is 29.5. The van der Waals surface area contributed by atoms with E-state index in [1.807, 2.05) is 0 Å². The molecule has 6 N–H and O–H groups in total. The summed E-state index contributed by atoms with van der Waals surface area (Å²) >= 11 is 0. The highest BCUT2D eigenvalue weighted by molar-refractivity contribution is 5.71. The summed E-state index contributed by atoms with van der Waals surface area (Å²) in [7, 11) is 0. The topological polar surface area (TPSA) is 95.7 Å². The third-order valence-corrected chi connectivity index (χ3v) is 8.04. The lowest BCUT2D eigenvalue weighted by molar-refractivity contribution is 0.299. The fraction of sp³-hybridized carbons (Fsp3) is 0.455. The summed E-state index contributed by atoms with van der Waals surface area (Å²) in [5.41, 5.74) is 26.7. The van der Waals surface area contributed by atoms with E-state index in [2.05, 4.69) is 82.8 Å². The van der Waals surface area contributed by atoms with Gasteiger partial charge in [0.2, 0.25) is 0 Å². The maximum Gasteiger partial charge on any atom is 0.0471 e. The van der Waals surface area contributed by atoms with Crippen molar-refractivity contribution < 1.29 is 10.2 Å². The van der Waals surface area contributed by atoms with Gasteiger partial charge in [-0.2, -0.15) is 0 Å². The van der Waals surface area contributed by atoms with Gasteiger partial charge < -0.3 is 26.6 Å². The molecule has 0 unspecified atom stereocenters. The molecule has 0 aromatic heterocycles. The zero-order chi connectivity index (χ0) is 28.0. The number of aliphatic hydroxyl groups excluding tert-OH is 2. The molecule has 3 aromatic carbocycles. The van der Waals surface area contributed by atoms with Crippen LogP contribution in [0.25, 0.3) is 0 Å². The number of hydrogen-bond acceptors (Lipinski definition) is 5. The number of aryl methyl sites for hydroxylation is 2. The number of hydrogen-bond donors (Lipinski definition) is 4. The van der Waals surface area contributed by atoms with Crippen LogP contribution in [0.2, 0.25) is 0 Å². The Morgan fingerprint density at radius 3 is 1.47 bits per heavy atom. The molecule has 3 aromatic rings. The van der Waals surface area contributed by atoms with Crippen LogP contribution in [0.3, 0.4) is 0 Å². The van der Waals surface area contributed by atoms with Crippen LogP contribution in [-0.4, -0.2) is 36.5 Å². The highest BCUT2D eigenvalue weighted by atomic mass is 16.3. The molecule has 3 rings (SSSR count). The van der Waals surface area contributed by atoms with E-state index < -0.39 is 0 Å². The van der Waals surface area contributed by atoms with E-state index in [0.717, 1.165) is 76.3 Å². The van der Waals surface area contributed by atoms with Crippen LogP contribution in [0, 0.1) is 13.8 Å². The Hall–Kier alpha value is -3.02. The van der Waals surface area contributed by atoms with Crippen molar-refractivity contribution in [3.63, 3.8) is 0 Å². The molecule has 0 aliphatic heterocycles.